The number of nitrogens with zero attached hydrogens (tertiary/aromatic N) is 2. The Morgan fingerprint density at radius 3 is 2.83 bits per heavy atom. The predicted molar refractivity (Wildman–Crippen MR) is 93.8 cm³/mol. The minimum absolute atomic E-state index is 0.0969. The zero-order valence-corrected chi connectivity index (χ0v) is 14.3. The normalized spacial score (nSPS) is 23.1. The number of amides is 1. The minimum Gasteiger partial charge on any atom is -0.325 e. The molecule has 0 aromatic heterocycles. The van der Waals surface area contributed by atoms with Crippen LogP contribution in [0.15, 0.2) is 18.2 Å². The van der Waals surface area contributed by atoms with Crippen molar-refractivity contribution in [3.05, 3.63) is 29.3 Å². The van der Waals surface area contributed by atoms with Crippen LogP contribution in [0.2, 0.25) is 0 Å². The van der Waals surface area contributed by atoms with Crippen LogP contribution in [0.3, 0.4) is 0 Å². The SMILES string of the molecule is Cc1cccc(NC(=O)CN2CCC(N3CCNCC3)C2)c1C. The van der Waals surface area contributed by atoms with Crippen LogP contribution in [0.1, 0.15) is 17.5 Å². The maximum absolute atomic E-state index is 12.3. The number of nitrogens with one attached hydrogen (secondary N) is 2. The highest BCUT2D eigenvalue weighted by molar-refractivity contribution is 5.93. The molecule has 126 valence electrons. The van der Waals surface area contributed by atoms with Crippen molar-refractivity contribution in [2.24, 2.45) is 0 Å². The molecule has 2 aliphatic rings. The quantitative estimate of drug-likeness (QED) is 0.877. The molecule has 0 saturated carbocycles. The summed E-state index contributed by atoms with van der Waals surface area (Å²) in [6.45, 7) is 11.1. The number of rotatable bonds is 4. The molecule has 1 amide bonds. The molecule has 2 heterocycles. The Morgan fingerprint density at radius 1 is 1.26 bits per heavy atom. The molecule has 2 fully saturated rings. The summed E-state index contributed by atoms with van der Waals surface area (Å²) < 4.78 is 0. The first kappa shape index (κ1) is 16.4. The van der Waals surface area contributed by atoms with Gasteiger partial charge in [-0.3, -0.25) is 14.6 Å². The Labute approximate surface area is 139 Å². The molecule has 1 atom stereocenters. The third-order valence-corrected chi connectivity index (χ3v) is 5.16. The number of hydrogen-bond donors (Lipinski definition) is 2. The van der Waals surface area contributed by atoms with Gasteiger partial charge in [0.1, 0.15) is 0 Å². The second kappa shape index (κ2) is 7.43. The van der Waals surface area contributed by atoms with E-state index in [0.717, 1.165) is 50.5 Å². The molecule has 3 rings (SSSR count). The number of likely N-dealkylation sites (tertiary alicyclic amines) is 1. The summed E-state index contributed by atoms with van der Waals surface area (Å²) >= 11 is 0. The Hall–Kier alpha value is -1.43. The second-order valence-corrected chi connectivity index (χ2v) is 6.76. The van der Waals surface area contributed by atoms with Gasteiger partial charge in [0.05, 0.1) is 6.54 Å². The highest BCUT2D eigenvalue weighted by Crippen LogP contribution is 2.19. The van der Waals surface area contributed by atoms with E-state index in [2.05, 4.69) is 40.3 Å². The average Bonchev–Trinajstić information content (AvgIpc) is 3.01. The van der Waals surface area contributed by atoms with Crippen molar-refractivity contribution in [1.29, 1.82) is 0 Å². The van der Waals surface area contributed by atoms with Crippen molar-refractivity contribution >= 4 is 11.6 Å². The van der Waals surface area contributed by atoms with Gasteiger partial charge >= 0.3 is 0 Å². The number of carbonyl (C=O) groups is 1. The monoisotopic (exact) mass is 316 g/mol. The van der Waals surface area contributed by atoms with Crippen LogP contribution in [0.4, 0.5) is 5.69 Å². The predicted octanol–water partition coefficient (Wildman–Crippen LogP) is 1.22. The molecule has 0 aliphatic carbocycles. The fraction of sp³-hybridized carbons (Fsp3) is 0.611. The van der Waals surface area contributed by atoms with Crippen molar-refractivity contribution < 1.29 is 4.79 Å². The number of piperazine rings is 1. The third-order valence-electron chi connectivity index (χ3n) is 5.16. The molecule has 1 unspecified atom stereocenters. The highest BCUT2D eigenvalue weighted by Gasteiger charge is 2.29. The number of benzene rings is 1. The zero-order chi connectivity index (χ0) is 16.2. The van der Waals surface area contributed by atoms with Crippen LogP contribution in [0, 0.1) is 13.8 Å². The molecule has 23 heavy (non-hydrogen) atoms. The molecule has 5 heteroatoms. The number of anilines is 1. The maximum Gasteiger partial charge on any atom is 0.238 e. The van der Waals surface area contributed by atoms with E-state index < -0.39 is 0 Å². The van der Waals surface area contributed by atoms with Crippen molar-refractivity contribution in [3.63, 3.8) is 0 Å². The highest BCUT2D eigenvalue weighted by atomic mass is 16.2. The summed E-state index contributed by atoms with van der Waals surface area (Å²) in [5, 5.41) is 6.47. The fourth-order valence-corrected chi connectivity index (χ4v) is 3.58. The van der Waals surface area contributed by atoms with E-state index in [1.165, 1.54) is 12.0 Å². The lowest BCUT2D eigenvalue weighted by Gasteiger charge is -2.32. The van der Waals surface area contributed by atoms with Gasteiger partial charge in [0.15, 0.2) is 0 Å². The summed E-state index contributed by atoms with van der Waals surface area (Å²) in [6.07, 6.45) is 1.18. The standard InChI is InChI=1S/C18H28N4O/c1-14-4-3-5-17(15(14)2)20-18(23)13-21-9-6-16(12-21)22-10-7-19-8-11-22/h3-5,16,19H,6-13H2,1-2H3,(H,20,23). The second-order valence-electron chi connectivity index (χ2n) is 6.76. The topological polar surface area (TPSA) is 47.6 Å². The molecule has 5 nitrogen and oxygen atoms in total. The van der Waals surface area contributed by atoms with Crippen LogP contribution in [-0.4, -0.2) is 67.6 Å². The van der Waals surface area contributed by atoms with E-state index in [1.807, 2.05) is 12.1 Å². The molecule has 1 aromatic carbocycles. The third kappa shape index (κ3) is 4.10. The Kier molecular flexibility index (Phi) is 5.30. The van der Waals surface area contributed by atoms with Gasteiger partial charge in [-0.25, -0.2) is 0 Å². The van der Waals surface area contributed by atoms with Crippen LogP contribution in [-0.2, 0) is 4.79 Å². The molecule has 0 radical (unpaired) electrons. The van der Waals surface area contributed by atoms with E-state index in [-0.39, 0.29) is 5.91 Å². The van der Waals surface area contributed by atoms with E-state index in [9.17, 15) is 4.79 Å². The van der Waals surface area contributed by atoms with Gasteiger partial charge in [-0.15, -0.1) is 0 Å². The molecular formula is C18H28N4O. The molecule has 2 N–H and O–H groups in total. The molecular weight excluding hydrogens is 288 g/mol. The van der Waals surface area contributed by atoms with Gasteiger partial charge in [-0.1, -0.05) is 12.1 Å². The number of carbonyl (C=O) groups excluding carboxylic acids is 1. The van der Waals surface area contributed by atoms with E-state index in [0.29, 0.717) is 12.6 Å². The van der Waals surface area contributed by atoms with Crippen LogP contribution in [0.5, 0.6) is 0 Å². The molecule has 0 bridgehead atoms. The van der Waals surface area contributed by atoms with Gasteiger partial charge in [-0.2, -0.15) is 0 Å². The number of aryl methyl sites for hydroxylation is 1. The first-order valence-corrected chi connectivity index (χ1v) is 8.66. The molecule has 1 aromatic rings. The Bertz CT molecular complexity index is 554. The van der Waals surface area contributed by atoms with E-state index in [1.54, 1.807) is 0 Å². The Morgan fingerprint density at radius 2 is 2.04 bits per heavy atom. The summed E-state index contributed by atoms with van der Waals surface area (Å²) in [7, 11) is 0. The fourth-order valence-electron chi connectivity index (χ4n) is 3.58. The van der Waals surface area contributed by atoms with Gasteiger partial charge in [0.2, 0.25) is 5.91 Å². The lowest BCUT2D eigenvalue weighted by molar-refractivity contribution is -0.117. The van der Waals surface area contributed by atoms with Gasteiger partial charge in [-0.05, 0) is 37.5 Å². The van der Waals surface area contributed by atoms with Crippen LogP contribution < -0.4 is 10.6 Å². The largest absolute Gasteiger partial charge is 0.325 e. The van der Waals surface area contributed by atoms with E-state index in [4.69, 9.17) is 0 Å². The molecule has 0 spiro atoms. The van der Waals surface area contributed by atoms with Gasteiger partial charge < -0.3 is 10.6 Å². The summed E-state index contributed by atoms with van der Waals surface area (Å²) in [4.78, 5) is 17.2. The molecule has 2 aliphatic heterocycles. The van der Waals surface area contributed by atoms with Crippen LogP contribution in [0.25, 0.3) is 0 Å². The summed E-state index contributed by atoms with van der Waals surface area (Å²) in [6, 6.07) is 6.66. The smallest absolute Gasteiger partial charge is 0.238 e. The molecule has 2 saturated heterocycles. The Balaban J connectivity index is 1.50. The first-order chi connectivity index (χ1) is 11.1. The van der Waals surface area contributed by atoms with E-state index >= 15 is 0 Å². The zero-order valence-electron chi connectivity index (χ0n) is 14.3. The minimum atomic E-state index is 0.0969. The van der Waals surface area contributed by atoms with Crippen LogP contribution >= 0.6 is 0 Å². The van der Waals surface area contributed by atoms with Crippen molar-refractivity contribution in [1.82, 2.24) is 15.1 Å². The van der Waals surface area contributed by atoms with Gasteiger partial charge in [0, 0.05) is 51.0 Å². The van der Waals surface area contributed by atoms with Crippen molar-refractivity contribution in [2.45, 2.75) is 26.3 Å². The summed E-state index contributed by atoms with van der Waals surface area (Å²) in [5.41, 5.74) is 3.30. The average molecular weight is 316 g/mol. The van der Waals surface area contributed by atoms with Crippen molar-refractivity contribution in [2.75, 3.05) is 51.1 Å². The summed E-state index contributed by atoms with van der Waals surface area (Å²) in [5.74, 6) is 0.0969. The first-order valence-electron chi connectivity index (χ1n) is 8.66. The van der Waals surface area contributed by atoms with Crippen molar-refractivity contribution in [3.8, 4) is 0 Å². The lowest BCUT2D eigenvalue weighted by Crippen LogP contribution is -2.49. The maximum atomic E-state index is 12.3. The lowest BCUT2D eigenvalue weighted by atomic mass is 10.1. The number of hydrogen-bond acceptors (Lipinski definition) is 4. The van der Waals surface area contributed by atoms with Gasteiger partial charge in [0.25, 0.3) is 0 Å².